The Morgan fingerprint density at radius 2 is 1.88 bits per heavy atom. The molecule has 0 aliphatic carbocycles. The van der Waals surface area contributed by atoms with Crippen molar-refractivity contribution in [1.29, 1.82) is 0 Å². The molecule has 5 rings (SSSR count). The topological polar surface area (TPSA) is 79.6 Å². The number of hydrogen-bond acceptors (Lipinski definition) is 5. The first kappa shape index (κ1) is 28.0. The van der Waals surface area contributed by atoms with Crippen LogP contribution in [-0.2, 0) is 4.79 Å². The minimum atomic E-state index is -0.559. The van der Waals surface area contributed by atoms with Crippen molar-refractivity contribution >= 4 is 57.8 Å². The molecule has 40 heavy (non-hydrogen) atoms. The molecule has 0 saturated carbocycles. The minimum absolute atomic E-state index is 0.115. The van der Waals surface area contributed by atoms with Crippen LogP contribution in [0.25, 0.3) is 11.3 Å². The number of anilines is 2. The molecule has 1 aliphatic rings. The maximum Gasteiger partial charge on any atom is 0.229 e. The largest absolute Gasteiger partial charge is 0.494 e. The standard InChI is InChI=1S/C30H28Cl2N4O3S/c1-30(2,3)28(37)34-21-11-9-18(16-25(21)38-4)36-27(26(35-29(36)40)22-7-5-6-14-33-22)24-13-12-23(39-24)17-8-10-19(31)20(32)15-17/h5-16,26-27H,1-4H3,(H,34,37)(H,35,40)/t26-,27-/m1/s1. The molecule has 2 N–H and O–H groups in total. The van der Waals surface area contributed by atoms with Crippen LogP contribution in [0, 0.1) is 5.41 Å². The van der Waals surface area contributed by atoms with E-state index in [9.17, 15) is 4.79 Å². The molecule has 3 heterocycles. The third kappa shape index (κ3) is 5.52. The molecule has 2 aromatic heterocycles. The van der Waals surface area contributed by atoms with Gasteiger partial charge in [-0.1, -0.05) is 50.0 Å². The van der Waals surface area contributed by atoms with E-state index in [2.05, 4.69) is 15.6 Å². The monoisotopic (exact) mass is 594 g/mol. The Hall–Kier alpha value is -3.59. The molecule has 0 radical (unpaired) electrons. The molecule has 2 aromatic carbocycles. The van der Waals surface area contributed by atoms with Gasteiger partial charge in [0.2, 0.25) is 5.91 Å². The number of nitrogens with zero attached hydrogens (tertiary/aromatic N) is 2. The molecule has 0 unspecified atom stereocenters. The first-order chi connectivity index (χ1) is 19.1. The van der Waals surface area contributed by atoms with Crippen LogP contribution in [0.3, 0.4) is 0 Å². The summed E-state index contributed by atoms with van der Waals surface area (Å²) in [6.07, 6.45) is 1.75. The van der Waals surface area contributed by atoms with Gasteiger partial charge in [0.15, 0.2) is 5.11 Å². The zero-order chi connectivity index (χ0) is 28.6. The van der Waals surface area contributed by atoms with E-state index >= 15 is 0 Å². The van der Waals surface area contributed by atoms with Crippen LogP contribution in [0.2, 0.25) is 10.0 Å². The summed E-state index contributed by atoms with van der Waals surface area (Å²) in [5.74, 6) is 1.71. The molecule has 7 nitrogen and oxygen atoms in total. The molecule has 1 fully saturated rings. The molecule has 1 saturated heterocycles. The van der Waals surface area contributed by atoms with E-state index in [4.69, 9.17) is 44.6 Å². The Kier molecular flexibility index (Phi) is 7.77. The van der Waals surface area contributed by atoms with Gasteiger partial charge in [-0.2, -0.15) is 0 Å². The average Bonchev–Trinajstić information content (AvgIpc) is 3.55. The summed E-state index contributed by atoms with van der Waals surface area (Å²) in [6.45, 7) is 5.57. The van der Waals surface area contributed by atoms with Gasteiger partial charge >= 0.3 is 0 Å². The Balaban J connectivity index is 1.56. The molecule has 10 heteroatoms. The Bertz CT molecular complexity index is 1570. The lowest BCUT2D eigenvalue weighted by molar-refractivity contribution is -0.123. The van der Waals surface area contributed by atoms with Crippen molar-refractivity contribution in [3.8, 4) is 17.1 Å². The number of amides is 1. The van der Waals surface area contributed by atoms with Crippen molar-refractivity contribution in [3.05, 3.63) is 94.4 Å². The highest BCUT2D eigenvalue weighted by Gasteiger charge is 2.43. The number of rotatable bonds is 6. The van der Waals surface area contributed by atoms with Crippen LogP contribution >= 0.6 is 35.4 Å². The predicted molar refractivity (Wildman–Crippen MR) is 163 cm³/mol. The first-order valence-corrected chi connectivity index (χ1v) is 13.8. The second kappa shape index (κ2) is 11.1. The fourth-order valence-electron chi connectivity index (χ4n) is 4.48. The molecule has 1 amide bonds. The number of methoxy groups -OCH3 is 1. The van der Waals surface area contributed by atoms with Crippen LogP contribution in [0.5, 0.6) is 5.75 Å². The summed E-state index contributed by atoms with van der Waals surface area (Å²) < 4.78 is 12.1. The van der Waals surface area contributed by atoms with Gasteiger partial charge in [-0.05, 0) is 66.8 Å². The lowest BCUT2D eigenvalue weighted by atomic mass is 9.95. The van der Waals surface area contributed by atoms with Crippen molar-refractivity contribution in [1.82, 2.24) is 10.3 Å². The fourth-order valence-corrected chi connectivity index (χ4v) is 5.13. The van der Waals surface area contributed by atoms with Crippen molar-refractivity contribution in [3.63, 3.8) is 0 Å². The number of furan rings is 1. The van der Waals surface area contributed by atoms with Crippen LogP contribution in [0.15, 0.2) is 77.3 Å². The van der Waals surface area contributed by atoms with E-state index in [1.165, 1.54) is 0 Å². The number of halogens is 2. The highest BCUT2D eigenvalue weighted by atomic mass is 35.5. The van der Waals surface area contributed by atoms with Gasteiger partial charge in [0.25, 0.3) is 0 Å². The number of ether oxygens (including phenoxy) is 1. The Labute approximate surface area is 248 Å². The summed E-state index contributed by atoms with van der Waals surface area (Å²) in [5, 5.41) is 7.80. The third-order valence-corrected chi connectivity index (χ3v) is 7.67. The fraction of sp³-hybridized carbons (Fsp3) is 0.233. The number of aromatic nitrogens is 1. The van der Waals surface area contributed by atoms with E-state index in [0.29, 0.717) is 38.1 Å². The molecule has 0 bridgehead atoms. The number of carbonyl (C=O) groups is 1. The normalized spacial score (nSPS) is 17.1. The van der Waals surface area contributed by atoms with Crippen LogP contribution in [0.4, 0.5) is 11.4 Å². The number of thiocarbonyl (C=S) groups is 1. The van der Waals surface area contributed by atoms with Crippen molar-refractivity contribution in [2.24, 2.45) is 5.41 Å². The molecule has 1 aliphatic heterocycles. The minimum Gasteiger partial charge on any atom is -0.494 e. The quantitative estimate of drug-likeness (QED) is 0.220. The van der Waals surface area contributed by atoms with Gasteiger partial charge in [-0.3, -0.25) is 9.78 Å². The van der Waals surface area contributed by atoms with Gasteiger partial charge in [-0.25, -0.2) is 0 Å². The Morgan fingerprint density at radius 1 is 1.07 bits per heavy atom. The maximum atomic E-state index is 12.6. The summed E-state index contributed by atoms with van der Waals surface area (Å²) >= 11 is 18.2. The Morgan fingerprint density at radius 3 is 2.55 bits per heavy atom. The molecular weight excluding hydrogens is 567 g/mol. The summed E-state index contributed by atoms with van der Waals surface area (Å²) in [4.78, 5) is 19.2. The van der Waals surface area contributed by atoms with Crippen molar-refractivity contribution in [2.75, 3.05) is 17.3 Å². The highest BCUT2D eigenvalue weighted by molar-refractivity contribution is 7.80. The molecule has 4 aromatic rings. The van der Waals surface area contributed by atoms with E-state index in [-0.39, 0.29) is 18.0 Å². The lowest BCUT2D eigenvalue weighted by Crippen LogP contribution is -2.30. The van der Waals surface area contributed by atoms with E-state index < -0.39 is 5.41 Å². The summed E-state index contributed by atoms with van der Waals surface area (Å²) in [7, 11) is 1.57. The van der Waals surface area contributed by atoms with Gasteiger partial charge in [0.05, 0.1) is 34.6 Å². The zero-order valence-electron chi connectivity index (χ0n) is 22.4. The molecular formula is C30H28Cl2N4O3S. The average molecular weight is 596 g/mol. The summed E-state index contributed by atoms with van der Waals surface area (Å²) in [6, 6.07) is 19.8. The smallest absolute Gasteiger partial charge is 0.229 e. The van der Waals surface area contributed by atoms with Crippen LogP contribution in [-0.4, -0.2) is 23.1 Å². The molecule has 2 atom stereocenters. The zero-order valence-corrected chi connectivity index (χ0v) is 24.7. The number of nitrogens with one attached hydrogen (secondary N) is 2. The maximum absolute atomic E-state index is 12.6. The highest BCUT2D eigenvalue weighted by Crippen LogP contribution is 2.44. The van der Waals surface area contributed by atoms with Gasteiger partial charge in [0.1, 0.15) is 23.3 Å². The lowest BCUT2D eigenvalue weighted by Gasteiger charge is -2.27. The number of pyridine rings is 1. The number of hydrogen-bond donors (Lipinski definition) is 2. The van der Waals surface area contributed by atoms with Gasteiger partial charge < -0.3 is 24.7 Å². The molecule has 0 spiro atoms. The predicted octanol–water partition coefficient (Wildman–Crippen LogP) is 7.82. The third-order valence-electron chi connectivity index (χ3n) is 6.61. The van der Waals surface area contributed by atoms with Crippen molar-refractivity contribution in [2.45, 2.75) is 32.9 Å². The van der Waals surface area contributed by atoms with Gasteiger partial charge in [-0.15, -0.1) is 0 Å². The van der Waals surface area contributed by atoms with E-state index in [1.54, 1.807) is 25.4 Å². The first-order valence-electron chi connectivity index (χ1n) is 12.6. The number of benzene rings is 2. The molecule has 206 valence electrons. The second-order valence-electron chi connectivity index (χ2n) is 10.4. The summed E-state index contributed by atoms with van der Waals surface area (Å²) in [5.41, 5.74) is 2.39. The van der Waals surface area contributed by atoms with Crippen LogP contribution in [0.1, 0.15) is 44.3 Å². The van der Waals surface area contributed by atoms with Crippen molar-refractivity contribution < 1.29 is 13.9 Å². The van der Waals surface area contributed by atoms with Crippen LogP contribution < -0.4 is 20.3 Å². The van der Waals surface area contributed by atoms with E-state index in [1.807, 2.05) is 80.3 Å². The SMILES string of the molecule is COc1cc(N2C(=S)N[C@H](c3ccccn3)[C@H]2c2ccc(-c3ccc(Cl)c(Cl)c3)o2)ccc1NC(=O)C(C)(C)C. The number of carbonyl (C=O) groups excluding carboxylic acids is 1. The van der Waals surface area contributed by atoms with Gasteiger partial charge in [0, 0.05) is 28.9 Å². The van der Waals surface area contributed by atoms with E-state index in [0.717, 1.165) is 16.9 Å². The second-order valence-corrected chi connectivity index (χ2v) is 11.6.